The number of aromatic nitrogens is 1. The molecule has 5 aromatic rings. The lowest BCUT2D eigenvalue weighted by atomic mass is 9.96. The van der Waals surface area contributed by atoms with Crippen LogP contribution in [0, 0.1) is 6.92 Å². The van der Waals surface area contributed by atoms with Crippen molar-refractivity contribution in [2.75, 3.05) is 0 Å². The Labute approximate surface area is 166 Å². The lowest BCUT2D eigenvalue weighted by Crippen LogP contribution is -2.31. The number of hydrogen-bond acceptors (Lipinski definition) is 1. The second-order valence-corrected chi connectivity index (χ2v) is 7.81. The number of hydrogen-bond donors (Lipinski definition) is 0. The van der Waals surface area contributed by atoms with Gasteiger partial charge >= 0.3 is 0 Å². The third-order valence-corrected chi connectivity index (χ3v) is 5.72. The average molecular weight is 367 g/mol. The molecule has 0 saturated heterocycles. The molecule has 28 heavy (non-hydrogen) atoms. The molecule has 3 aromatic carbocycles. The fraction of sp³-hybridized carbons (Fsp3) is 0.192. The van der Waals surface area contributed by atoms with E-state index in [2.05, 4.69) is 66.1 Å². The summed E-state index contributed by atoms with van der Waals surface area (Å²) in [5.41, 5.74) is 6.13. The highest BCUT2D eigenvalue weighted by atomic mass is 16.3. The molecule has 0 atom stereocenters. The zero-order valence-electron chi connectivity index (χ0n) is 17.7. The smallest absolute Gasteiger partial charge is 0.216 e. The van der Waals surface area contributed by atoms with E-state index in [1.807, 2.05) is 33.2 Å². The van der Waals surface area contributed by atoms with Gasteiger partial charge in [0.25, 0.3) is 0 Å². The van der Waals surface area contributed by atoms with Crippen molar-refractivity contribution in [2.45, 2.75) is 26.7 Å². The highest BCUT2D eigenvalue weighted by molar-refractivity contribution is 6.20. The molecule has 0 N–H and O–H groups in total. The van der Waals surface area contributed by atoms with Crippen LogP contribution >= 0.6 is 0 Å². The van der Waals surface area contributed by atoms with Crippen molar-refractivity contribution in [1.82, 2.24) is 0 Å². The Kier molecular flexibility index (Phi) is 3.52. The number of nitrogens with zero attached hydrogens (tertiary/aromatic N) is 1. The Balaban J connectivity index is 1.91. The first kappa shape index (κ1) is 15.9. The van der Waals surface area contributed by atoms with E-state index in [0.29, 0.717) is 0 Å². The van der Waals surface area contributed by atoms with Gasteiger partial charge in [0.2, 0.25) is 5.69 Å². The van der Waals surface area contributed by atoms with E-state index < -0.39 is 5.89 Å². The summed E-state index contributed by atoms with van der Waals surface area (Å²) < 4.78 is 17.0. The molecule has 0 aliphatic heterocycles. The molecule has 0 bridgehead atoms. The van der Waals surface area contributed by atoms with Gasteiger partial charge in [-0.05, 0) is 40.8 Å². The number of fused-ring (bicyclic) bond motifs is 5. The minimum Gasteiger partial charge on any atom is -0.455 e. The Morgan fingerprint density at radius 1 is 0.964 bits per heavy atom. The summed E-state index contributed by atoms with van der Waals surface area (Å²) in [6, 6.07) is 21.1. The van der Waals surface area contributed by atoms with Gasteiger partial charge in [-0.2, -0.15) is 0 Å². The van der Waals surface area contributed by atoms with Crippen molar-refractivity contribution < 1.29 is 10.4 Å². The molecule has 0 aliphatic carbocycles. The first-order valence-electron chi connectivity index (χ1n) is 10.2. The minimum absolute atomic E-state index is 0.658. The second kappa shape index (κ2) is 6.20. The number of rotatable bonds is 2. The van der Waals surface area contributed by atoms with Crippen molar-refractivity contribution >= 4 is 32.7 Å². The summed E-state index contributed by atoms with van der Waals surface area (Å²) in [4.78, 5) is 0. The lowest BCUT2D eigenvalue weighted by Gasteiger charge is -2.09. The maximum Gasteiger partial charge on any atom is 0.216 e. The van der Waals surface area contributed by atoms with Crippen LogP contribution in [0.15, 0.2) is 71.3 Å². The molecule has 2 aromatic heterocycles. The molecular formula is C26H24NO+. The predicted octanol–water partition coefficient (Wildman–Crippen LogP) is 6.66. The van der Waals surface area contributed by atoms with E-state index in [-0.39, 0.29) is 0 Å². The van der Waals surface area contributed by atoms with Crippen molar-refractivity contribution in [1.29, 1.82) is 0 Å². The Hall–Kier alpha value is -3.13. The molecular weight excluding hydrogens is 342 g/mol. The SMILES string of the molecule is [2H]C(C)(C)c1cc[n+](C)c(-c2c(C)ccc3c2oc2ccc4ccccc4c23)c1. The van der Waals surface area contributed by atoms with Crippen LogP contribution in [-0.4, -0.2) is 0 Å². The van der Waals surface area contributed by atoms with E-state index in [1.165, 1.54) is 16.2 Å². The lowest BCUT2D eigenvalue weighted by molar-refractivity contribution is -0.660. The molecule has 0 radical (unpaired) electrons. The minimum atomic E-state index is -0.658. The van der Waals surface area contributed by atoms with Gasteiger partial charge in [-0.3, -0.25) is 0 Å². The zero-order chi connectivity index (χ0) is 20.3. The number of aryl methyl sites for hydroxylation is 2. The van der Waals surface area contributed by atoms with Crippen LogP contribution in [0.2, 0.25) is 0 Å². The van der Waals surface area contributed by atoms with Crippen LogP contribution in [-0.2, 0) is 7.05 Å². The summed E-state index contributed by atoms with van der Waals surface area (Å²) in [7, 11) is 2.05. The van der Waals surface area contributed by atoms with Crippen LogP contribution in [0.4, 0.5) is 0 Å². The summed E-state index contributed by atoms with van der Waals surface area (Å²) in [5.74, 6) is -0.658. The average Bonchev–Trinajstić information content (AvgIpc) is 3.07. The molecule has 0 unspecified atom stereocenters. The van der Waals surface area contributed by atoms with Crippen molar-refractivity contribution in [3.8, 4) is 11.3 Å². The Morgan fingerprint density at radius 3 is 2.61 bits per heavy atom. The monoisotopic (exact) mass is 367 g/mol. The first-order chi connectivity index (χ1) is 13.8. The van der Waals surface area contributed by atoms with Gasteiger partial charge in [0, 0.05) is 24.3 Å². The van der Waals surface area contributed by atoms with E-state index in [1.54, 1.807) is 0 Å². The molecule has 0 amide bonds. The highest BCUT2D eigenvalue weighted by Crippen LogP contribution is 2.40. The maximum absolute atomic E-state index is 8.46. The van der Waals surface area contributed by atoms with Gasteiger partial charge < -0.3 is 4.42 Å². The van der Waals surface area contributed by atoms with Gasteiger partial charge in [0.05, 0.1) is 5.56 Å². The summed E-state index contributed by atoms with van der Waals surface area (Å²) in [6.07, 6.45) is 2.04. The van der Waals surface area contributed by atoms with Crippen LogP contribution in [0.1, 0.15) is 32.2 Å². The zero-order valence-corrected chi connectivity index (χ0v) is 16.7. The van der Waals surface area contributed by atoms with E-state index in [0.717, 1.165) is 38.9 Å². The summed E-state index contributed by atoms with van der Waals surface area (Å²) in [6.45, 7) is 5.97. The van der Waals surface area contributed by atoms with Crippen LogP contribution in [0.3, 0.4) is 0 Å². The largest absolute Gasteiger partial charge is 0.455 e. The summed E-state index contributed by atoms with van der Waals surface area (Å²) >= 11 is 0. The van der Waals surface area contributed by atoms with Gasteiger partial charge in [0.1, 0.15) is 18.2 Å². The van der Waals surface area contributed by atoms with Crippen LogP contribution in [0.25, 0.3) is 44.0 Å². The standard InChI is InChI=1S/C26H24NO/c1-16(2)19-13-14-27(4)22(15-19)24-17(3)9-11-21-25-20-8-6-5-7-18(20)10-12-23(25)28-26(21)24/h5-16H,1-4H3/q+1/i16D. The van der Waals surface area contributed by atoms with Crippen LogP contribution < -0.4 is 4.57 Å². The molecule has 0 aliphatic rings. The molecule has 2 heteroatoms. The van der Waals surface area contributed by atoms with E-state index >= 15 is 0 Å². The number of pyridine rings is 1. The Bertz CT molecular complexity index is 1410. The molecule has 2 heterocycles. The normalized spacial score (nSPS) is 12.8. The van der Waals surface area contributed by atoms with Gasteiger partial charge in [-0.15, -0.1) is 0 Å². The molecule has 0 saturated carbocycles. The maximum atomic E-state index is 8.46. The van der Waals surface area contributed by atoms with Gasteiger partial charge in [-0.1, -0.05) is 56.3 Å². The molecule has 138 valence electrons. The Morgan fingerprint density at radius 2 is 1.79 bits per heavy atom. The third kappa shape index (κ3) is 2.45. The molecule has 2 nitrogen and oxygen atoms in total. The first-order valence-corrected chi connectivity index (χ1v) is 9.69. The van der Waals surface area contributed by atoms with Crippen molar-refractivity contribution in [3.05, 3.63) is 78.0 Å². The van der Waals surface area contributed by atoms with E-state index in [4.69, 9.17) is 5.79 Å². The topological polar surface area (TPSA) is 17.0 Å². The molecule has 5 rings (SSSR count). The molecule has 0 fully saturated rings. The summed E-state index contributed by atoms with van der Waals surface area (Å²) in [5, 5.41) is 4.73. The number of benzene rings is 3. The van der Waals surface area contributed by atoms with E-state index in [9.17, 15) is 0 Å². The van der Waals surface area contributed by atoms with Crippen LogP contribution in [0.5, 0.6) is 0 Å². The fourth-order valence-corrected chi connectivity index (χ4v) is 4.16. The van der Waals surface area contributed by atoms with Crippen molar-refractivity contribution in [2.24, 2.45) is 7.05 Å². The van der Waals surface area contributed by atoms with Gasteiger partial charge in [-0.25, -0.2) is 4.57 Å². The van der Waals surface area contributed by atoms with Crippen molar-refractivity contribution in [3.63, 3.8) is 0 Å². The third-order valence-electron chi connectivity index (χ3n) is 5.72. The number of furan rings is 1. The predicted molar refractivity (Wildman–Crippen MR) is 117 cm³/mol. The van der Waals surface area contributed by atoms with Gasteiger partial charge in [0.15, 0.2) is 6.20 Å². The quantitative estimate of drug-likeness (QED) is 0.319. The highest BCUT2D eigenvalue weighted by Gasteiger charge is 2.22. The molecule has 0 spiro atoms. The second-order valence-electron chi connectivity index (χ2n) is 7.81. The fourth-order valence-electron chi connectivity index (χ4n) is 4.16.